The Hall–Kier alpha value is -2.14. The third-order valence-corrected chi connectivity index (χ3v) is 3.71. The largest absolute Gasteiger partial charge is 0.399 e. The zero-order chi connectivity index (χ0) is 13.4. The molecule has 3 nitrogen and oxygen atoms in total. The molecule has 0 aliphatic rings. The van der Waals surface area contributed by atoms with Gasteiger partial charge in [-0.15, -0.1) is 0 Å². The van der Waals surface area contributed by atoms with Crippen molar-refractivity contribution in [2.75, 3.05) is 11.1 Å². The van der Waals surface area contributed by atoms with Crippen LogP contribution in [0, 0.1) is 12.7 Å². The van der Waals surface area contributed by atoms with Crippen LogP contribution < -0.4 is 11.1 Å². The van der Waals surface area contributed by atoms with E-state index >= 15 is 0 Å². The predicted octanol–water partition coefficient (Wildman–Crippen LogP) is 4.07. The van der Waals surface area contributed by atoms with Gasteiger partial charge in [0.15, 0.2) is 5.13 Å². The number of nitrogens with zero attached hydrogens (tertiary/aromatic N) is 1. The molecular formula is C14H12FN3S. The van der Waals surface area contributed by atoms with Crippen molar-refractivity contribution in [1.29, 1.82) is 0 Å². The van der Waals surface area contributed by atoms with E-state index in [0.717, 1.165) is 15.8 Å². The number of hydrogen-bond acceptors (Lipinski definition) is 4. The number of fused-ring (bicyclic) bond motifs is 1. The quantitative estimate of drug-likeness (QED) is 0.692. The molecule has 0 fully saturated rings. The maximum atomic E-state index is 13.8. The van der Waals surface area contributed by atoms with E-state index in [0.29, 0.717) is 16.5 Å². The Morgan fingerprint density at radius 1 is 1.21 bits per heavy atom. The third-order valence-electron chi connectivity index (χ3n) is 2.78. The zero-order valence-corrected chi connectivity index (χ0v) is 11.1. The van der Waals surface area contributed by atoms with Crippen LogP contribution in [0.25, 0.3) is 10.2 Å². The second-order valence-electron chi connectivity index (χ2n) is 4.35. The first-order valence-corrected chi connectivity index (χ1v) is 6.63. The Morgan fingerprint density at radius 3 is 2.84 bits per heavy atom. The van der Waals surface area contributed by atoms with Crippen molar-refractivity contribution in [3.05, 3.63) is 47.8 Å². The summed E-state index contributed by atoms with van der Waals surface area (Å²) in [6.45, 7) is 1.85. The smallest absolute Gasteiger partial charge is 0.188 e. The topological polar surface area (TPSA) is 50.9 Å². The number of rotatable bonds is 2. The number of aromatic nitrogens is 1. The SMILES string of the molecule is Cc1ccc(Nc2nc3ccc(N)cc3s2)c(F)c1. The molecule has 1 aromatic heterocycles. The molecule has 0 bridgehead atoms. The van der Waals surface area contributed by atoms with Crippen molar-refractivity contribution in [1.82, 2.24) is 4.98 Å². The lowest BCUT2D eigenvalue weighted by Crippen LogP contribution is -1.93. The van der Waals surface area contributed by atoms with Crippen molar-refractivity contribution in [3.8, 4) is 0 Å². The predicted molar refractivity (Wildman–Crippen MR) is 78.5 cm³/mol. The summed E-state index contributed by atoms with van der Waals surface area (Å²) in [7, 11) is 0. The van der Waals surface area contributed by atoms with E-state index in [2.05, 4.69) is 10.3 Å². The van der Waals surface area contributed by atoms with Crippen LogP contribution >= 0.6 is 11.3 Å². The molecule has 2 aromatic carbocycles. The lowest BCUT2D eigenvalue weighted by molar-refractivity contribution is 0.630. The average Bonchev–Trinajstić information content (AvgIpc) is 2.74. The number of aryl methyl sites for hydroxylation is 1. The number of nitrogen functional groups attached to an aromatic ring is 1. The van der Waals surface area contributed by atoms with Gasteiger partial charge in [0, 0.05) is 5.69 Å². The van der Waals surface area contributed by atoms with Crippen molar-refractivity contribution >= 4 is 38.1 Å². The van der Waals surface area contributed by atoms with Crippen LogP contribution in [0.1, 0.15) is 5.56 Å². The first-order valence-electron chi connectivity index (χ1n) is 5.81. The van der Waals surface area contributed by atoms with Crippen LogP contribution in [-0.4, -0.2) is 4.98 Å². The van der Waals surface area contributed by atoms with Crippen LogP contribution in [0.3, 0.4) is 0 Å². The van der Waals surface area contributed by atoms with E-state index in [1.165, 1.54) is 17.4 Å². The molecule has 0 unspecified atom stereocenters. The van der Waals surface area contributed by atoms with Crippen LogP contribution in [0.5, 0.6) is 0 Å². The van der Waals surface area contributed by atoms with E-state index < -0.39 is 0 Å². The maximum absolute atomic E-state index is 13.8. The molecule has 0 aliphatic heterocycles. The molecule has 3 aromatic rings. The minimum absolute atomic E-state index is 0.279. The highest BCUT2D eigenvalue weighted by molar-refractivity contribution is 7.22. The van der Waals surface area contributed by atoms with Gasteiger partial charge in [0.05, 0.1) is 15.9 Å². The van der Waals surface area contributed by atoms with Gasteiger partial charge in [0.25, 0.3) is 0 Å². The normalized spacial score (nSPS) is 10.8. The van der Waals surface area contributed by atoms with E-state index in [9.17, 15) is 4.39 Å². The summed E-state index contributed by atoms with van der Waals surface area (Å²) in [5.74, 6) is -0.279. The van der Waals surface area contributed by atoms with Crippen molar-refractivity contribution in [2.24, 2.45) is 0 Å². The number of nitrogens with two attached hydrogens (primary N) is 1. The highest BCUT2D eigenvalue weighted by atomic mass is 32.1. The Kier molecular flexibility index (Phi) is 2.83. The van der Waals surface area contributed by atoms with Crippen LogP contribution in [0.15, 0.2) is 36.4 Å². The Morgan fingerprint density at radius 2 is 2.05 bits per heavy atom. The summed E-state index contributed by atoms with van der Waals surface area (Å²) in [6, 6.07) is 10.6. The molecular weight excluding hydrogens is 261 g/mol. The molecule has 3 N–H and O–H groups in total. The highest BCUT2D eigenvalue weighted by Crippen LogP contribution is 2.30. The Bertz CT molecular complexity index is 752. The highest BCUT2D eigenvalue weighted by Gasteiger charge is 2.07. The standard InChI is InChI=1S/C14H12FN3S/c1-8-2-4-11(10(15)6-8)17-14-18-12-5-3-9(16)7-13(12)19-14/h2-7H,16H2,1H3,(H,17,18). The monoisotopic (exact) mass is 273 g/mol. The van der Waals surface area contributed by atoms with Crippen molar-refractivity contribution < 1.29 is 4.39 Å². The lowest BCUT2D eigenvalue weighted by Gasteiger charge is -2.04. The average molecular weight is 273 g/mol. The van der Waals surface area contributed by atoms with E-state index in [4.69, 9.17) is 5.73 Å². The van der Waals surface area contributed by atoms with Gasteiger partial charge in [-0.1, -0.05) is 17.4 Å². The van der Waals surface area contributed by atoms with E-state index in [-0.39, 0.29) is 5.82 Å². The van der Waals surface area contributed by atoms with Gasteiger partial charge >= 0.3 is 0 Å². The second kappa shape index (κ2) is 4.51. The molecule has 0 atom stereocenters. The molecule has 0 spiro atoms. The first-order chi connectivity index (χ1) is 9.11. The van der Waals surface area contributed by atoms with Crippen LogP contribution in [0.4, 0.5) is 20.9 Å². The number of thiazole rings is 1. The van der Waals surface area contributed by atoms with Crippen LogP contribution in [-0.2, 0) is 0 Å². The number of halogens is 1. The van der Waals surface area contributed by atoms with Crippen molar-refractivity contribution in [2.45, 2.75) is 6.92 Å². The molecule has 0 saturated carbocycles. The summed E-state index contributed by atoms with van der Waals surface area (Å²) in [6.07, 6.45) is 0. The molecule has 19 heavy (non-hydrogen) atoms. The summed E-state index contributed by atoms with van der Waals surface area (Å²) in [5, 5.41) is 3.66. The molecule has 3 rings (SSSR count). The molecule has 96 valence electrons. The number of anilines is 3. The maximum Gasteiger partial charge on any atom is 0.188 e. The van der Waals surface area contributed by atoms with Gasteiger partial charge in [-0.3, -0.25) is 0 Å². The third kappa shape index (κ3) is 2.37. The molecule has 5 heteroatoms. The zero-order valence-electron chi connectivity index (χ0n) is 10.3. The van der Waals surface area contributed by atoms with Gasteiger partial charge in [-0.2, -0.15) is 0 Å². The number of benzene rings is 2. The van der Waals surface area contributed by atoms with Gasteiger partial charge < -0.3 is 11.1 Å². The van der Waals surface area contributed by atoms with Gasteiger partial charge in [-0.05, 0) is 42.8 Å². The Labute approximate surface area is 113 Å². The Balaban J connectivity index is 1.96. The van der Waals surface area contributed by atoms with E-state index in [1.54, 1.807) is 12.1 Å². The fourth-order valence-corrected chi connectivity index (χ4v) is 2.76. The van der Waals surface area contributed by atoms with Crippen molar-refractivity contribution in [3.63, 3.8) is 0 Å². The second-order valence-corrected chi connectivity index (χ2v) is 5.39. The fourth-order valence-electron chi connectivity index (χ4n) is 1.83. The molecule has 0 radical (unpaired) electrons. The van der Waals surface area contributed by atoms with Gasteiger partial charge in [0.1, 0.15) is 5.82 Å². The van der Waals surface area contributed by atoms with Crippen LogP contribution in [0.2, 0.25) is 0 Å². The van der Waals surface area contributed by atoms with Gasteiger partial charge in [-0.25, -0.2) is 9.37 Å². The summed E-state index contributed by atoms with van der Waals surface area (Å²) in [5.41, 5.74) is 8.60. The number of nitrogens with one attached hydrogen (secondary N) is 1. The summed E-state index contributed by atoms with van der Waals surface area (Å²) < 4.78 is 14.7. The molecule has 0 saturated heterocycles. The summed E-state index contributed by atoms with van der Waals surface area (Å²) in [4.78, 5) is 4.40. The first kappa shape index (κ1) is 11.9. The minimum Gasteiger partial charge on any atom is -0.399 e. The lowest BCUT2D eigenvalue weighted by atomic mass is 10.2. The molecule has 1 heterocycles. The van der Waals surface area contributed by atoms with Gasteiger partial charge in [0.2, 0.25) is 0 Å². The van der Waals surface area contributed by atoms with E-state index in [1.807, 2.05) is 25.1 Å². The molecule has 0 aliphatic carbocycles. The molecule has 0 amide bonds. The summed E-state index contributed by atoms with van der Waals surface area (Å²) >= 11 is 1.45. The minimum atomic E-state index is -0.279. The fraction of sp³-hybridized carbons (Fsp3) is 0.0714. The number of hydrogen-bond donors (Lipinski definition) is 2.